The molecule has 0 radical (unpaired) electrons. The number of fused-ring (bicyclic) bond motifs is 5. The van der Waals surface area contributed by atoms with Crippen molar-refractivity contribution in [2.75, 3.05) is 6.61 Å². The van der Waals surface area contributed by atoms with Crippen LogP contribution in [0.4, 0.5) is 9.18 Å². The average molecular weight is 505 g/mol. The first-order valence-corrected chi connectivity index (χ1v) is 15.1. The summed E-state index contributed by atoms with van der Waals surface area (Å²) in [4.78, 5) is 24.4. The number of allylic oxidation sites excluding steroid dienone is 1. The Kier molecular flexibility index (Phi) is 9.91. The highest BCUT2D eigenvalue weighted by Crippen LogP contribution is 2.62. The fourth-order valence-electron chi connectivity index (χ4n) is 8.25. The zero-order valence-electron chi connectivity index (χ0n) is 22.8. The highest BCUT2D eigenvalue weighted by molar-refractivity contribution is 5.92. The summed E-state index contributed by atoms with van der Waals surface area (Å²) in [5.41, 5.74) is 1.01. The minimum absolute atomic E-state index is 0.0431. The van der Waals surface area contributed by atoms with E-state index in [0.717, 1.165) is 56.9 Å². The fourth-order valence-corrected chi connectivity index (χ4v) is 8.25. The molecule has 4 nitrogen and oxygen atoms in total. The van der Waals surface area contributed by atoms with Crippen LogP contribution in [0.1, 0.15) is 123 Å². The minimum Gasteiger partial charge on any atom is -0.434 e. The Balaban J connectivity index is 1.17. The van der Waals surface area contributed by atoms with E-state index in [0.29, 0.717) is 24.4 Å². The van der Waals surface area contributed by atoms with Gasteiger partial charge < -0.3 is 9.47 Å². The Morgan fingerprint density at radius 2 is 1.67 bits per heavy atom. The molecule has 5 heteroatoms. The molecule has 36 heavy (non-hydrogen) atoms. The Morgan fingerprint density at radius 3 is 2.39 bits per heavy atom. The van der Waals surface area contributed by atoms with Gasteiger partial charge in [0.25, 0.3) is 0 Å². The molecule has 0 aromatic rings. The molecule has 0 aliphatic heterocycles. The second kappa shape index (κ2) is 12.9. The maximum atomic E-state index is 15.0. The quantitative estimate of drug-likeness (QED) is 0.197. The highest BCUT2D eigenvalue weighted by atomic mass is 19.1. The van der Waals surface area contributed by atoms with Crippen LogP contribution in [0.25, 0.3) is 0 Å². The molecule has 4 rings (SSSR count). The predicted octanol–water partition coefficient (Wildman–Crippen LogP) is 8.52. The van der Waals surface area contributed by atoms with Crippen LogP contribution in [-0.2, 0) is 14.3 Å². The number of unbranched alkanes of at least 4 members (excludes halogenated alkanes) is 9. The van der Waals surface area contributed by atoms with Gasteiger partial charge in [-0.15, -0.1) is 0 Å². The SMILES string of the molecule is CCCCCCCCCCCCOC(=O)O[C@H]1CC[C@H]2[C@@H]3CCC4=CC(=O)C[C@@H](F)[C@@H]4[C@H]3CC[C@]12C. The number of carbonyl (C=O) groups excluding carboxylic acids is 2. The first kappa shape index (κ1) is 27.6. The Labute approximate surface area is 218 Å². The molecular weight excluding hydrogens is 455 g/mol. The van der Waals surface area contributed by atoms with Gasteiger partial charge in [0.05, 0.1) is 6.61 Å². The van der Waals surface area contributed by atoms with Gasteiger partial charge in [-0.05, 0) is 68.8 Å². The molecule has 0 aromatic heterocycles. The molecule has 0 bridgehead atoms. The van der Waals surface area contributed by atoms with E-state index < -0.39 is 12.3 Å². The third-order valence-electron chi connectivity index (χ3n) is 10.1. The maximum absolute atomic E-state index is 15.0. The van der Waals surface area contributed by atoms with Gasteiger partial charge in [0.15, 0.2) is 5.78 Å². The average Bonchev–Trinajstić information content (AvgIpc) is 3.18. The van der Waals surface area contributed by atoms with Gasteiger partial charge in [-0.3, -0.25) is 4.79 Å². The van der Waals surface area contributed by atoms with E-state index in [1.807, 2.05) is 0 Å². The summed E-state index contributed by atoms with van der Waals surface area (Å²) in [6.45, 7) is 4.98. The standard InChI is InChI=1S/C31H49FO4/c1-3-4-5-6-7-8-9-10-11-12-19-35-30(34)36-28-16-15-26-24-14-13-22-20-23(33)21-27(32)29(22)25(24)17-18-31(26,28)2/h20,24-29H,3-19,21H2,1-2H3/t24-,25+,26+,27-,28+,29+,31+/m1/s1. The molecular formula is C31H49FO4. The molecule has 0 spiro atoms. The fraction of sp³-hybridized carbons (Fsp3) is 0.871. The van der Waals surface area contributed by atoms with Crippen molar-refractivity contribution in [2.24, 2.45) is 29.1 Å². The van der Waals surface area contributed by atoms with Crippen LogP contribution in [0.15, 0.2) is 11.6 Å². The topological polar surface area (TPSA) is 52.6 Å². The van der Waals surface area contributed by atoms with Crippen LogP contribution in [0.2, 0.25) is 0 Å². The van der Waals surface area contributed by atoms with Crippen LogP contribution in [0, 0.1) is 29.1 Å². The third kappa shape index (κ3) is 6.35. The van der Waals surface area contributed by atoms with Gasteiger partial charge in [0, 0.05) is 17.8 Å². The van der Waals surface area contributed by atoms with E-state index in [-0.39, 0.29) is 29.6 Å². The molecule has 204 valence electrons. The van der Waals surface area contributed by atoms with E-state index in [1.165, 1.54) is 51.4 Å². The Bertz CT molecular complexity index is 779. The van der Waals surface area contributed by atoms with Gasteiger partial charge in [-0.1, -0.05) is 77.2 Å². The van der Waals surface area contributed by atoms with E-state index in [9.17, 15) is 14.0 Å². The van der Waals surface area contributed by atoms with Crippen molar-refractivity contribution in [1.82, 2.24) is 0 Å². The molecule has 0 N–H and O–H groups in total. The number of carbonyl (C=O) groups is 2. The van der Waals surface area contributed by atoms with Crippen LogP contribution in [0.3, 0.4) is 0 Å². The van der Waals surface area contributed by atoms with Crippen molar-refractivity contribution in [3.63, 3.8) is 0 Å². The van der Waals surface area contributed by atoms with Gasteiger partial charge in [0.2, 0.25) is 0 Å². The summed E-state index contributed by atoms with van der Waals surface area (Å²) < 4.78 is 26.3. The molecule has 7 atom stereocenters. The van der Waals surface area contributed by atoms with Gasteiger partial charge in [0.1, 0.15) is 12.3 Å². The Morgan fingerprint density at radius 1 is 0.972 bits per heavy atom. The molecule has 0 amide bonds. The summed E-state index contributed by atoms with van der Waals surface area (Å²) in [5.74, 6) is 1.14. The summed E-state index contributed by atoms with van der Waals surface area (Å²) in [6, 6.07) is 0. The summed E-state index contributed by atoms with van der Waals surface area (Å²) >= 11 is 0. The smallest absolute Gasteiger partial charge is 0.434 e. The van der Waals surface area contributed by atoms with Crippen molar-refractivity contribution in [1.29, 1.82) is 0 Å². The van der Waals surface area contributed by atoms with Crippen LogP contribution >= 0.6 is 0 Å². The maximum Gasteiger partial charge on any atom is 0.508 e. The highest BCUT2D eigenvalue weighted by Gasteiger charge is 2.58. The number of hydrogen-bond acceptors (Lipinski definition) is 4. The Hall–Kier alpha value is -1.39. The molecule has 0 heterocycles. The van der Waals surface area contributed by atoms with E-state index in [1.54, 1.807) is 6.08 Å². The predicted molar refractivity (Wildman–Crippen MR) is 140 cm³/mol. The lowest BCUT2D eigenvalue weighted by atomic mass is 9.52. The van der Waals surface area contributed by atoms with Crippen molar-refractivity contribution in [2.45, 2.75) is 135 Å². The minimum atomic E-state index is -1.02. The lowest BCUT2D eigenvalue weighted by Gasteiger charge is -2.53. The van der Waals surface area contributed by atoms with Crippen molar-refractivity contribution >= 4 is 11.9 Å². The summed E-state index contributed by atoms with van der Waals surface area (Å²) in [7, 11) is 0. The largest absolute Gasteiger partial charge is 0.508 e. The van der Waals surface area contributed by atoms with Crippen LogP contribution in [0.5, 0.6) is 0 Å². The zero-order chi connectivity index (χ0) is 25.5. The lowest BCUT2D eigenvalue weighted by Crippen LogP contribution is -2.50. The molecule has 3 saturated carbocycles. The number of hydrogen-bond donors (Lipinski definition) is 0. The van der Waals surface area contributed by atoms with Crippen molar-refractivity contribution < 1.29 is 23.5 Å². The summed E-state index contributed by atoms with van der Waals surface area (Å²) in [6.07, 6.45) is 18.4. The van der Waals surface area contributed by atoms with Gasteiger partial charge in [-0.2, -0.15) is 0 Å². The number of alkyl halides is 1. The molecule has 3 fully saturated rings. The molecule has 0 saturated heterocycles. The van der Waals surface area contributed by atoms with E-state index in [2.05, 4.69) is 13.8 Å². The van der Waals surface area contributed by atoms with Gasteiger partial charge >= 0.3 is 6.16 Å². The van der Waals surface area contributed by atoms with E-state index in [4.69, 9.17) is 9.47 Å². The number of ketones is 1. The molecule has 4 aliphatic carbocycles. The zero-order valence-corrected chi connectivity index (χ0v) is 22.8. The van der Waals surface area contributed by atoms with Crippen LogP contribution < -0.4 is 0 Å². The monoisotopic (exact) mass is 504 g/mol. The number of rotatable bonds is 12. The molecule has 4 aliphatic rings. The van der Waals surface area contributed by atoms with Crippen molar-refractivity contribution in [3.8, 4) is 0 Å². The first-order chi connectivity index (χ1) is 17.4. The second-order valence-electron chi connectivity index (χ2n) is 12.4. The second-order valence-corrected chi connectivity index (χ2v) is 12.4. The lowest BCUT2D eigenvalue weighted by molar-refractivity contribution is -0.118. The van der Waals surface area contributed by atoms with E-state index >= 15 is 0 Å². The van der Waals surface area contributed by atoms with Gasteiger partial charge in [-0.25, -0.2) is 9.18 Å². The van der Waals surface area contributed by atoms with Crippen LogP contribution in [-0.4, -0.2) is 30.8 Å². The molecule has 0 aromatic carbocycles. The molecule has 0 unspecified atom stereocenters. The normalized spacial score (nSPS) is 35.4. The third-order valence-corrected chi connectivity index (χ3v) is 10.1. The number of ether oxygens (including phenoxy) is 2. The summed E-state index contributed by atoms with van der Waals surface area (Å²) in [5, 5.41) is 0. The first-order valence-electron chi connectivity index (χ1n) is 15.1. The number of halogens is 1. The van der Waals surface area contributed by atoms with Crippen molar-refractivity contribution in [3.05, 3.63) is 11.6 Å².